The quantitative estimate of drug-likeness (QED) is 0.637. The molecule has 0 spiro atoms. The SMILES string of the molecule is O=C(Cc1ccccc1)NCc1ccc(CNC(=O)Cc2ccccc2)cc1. The highest BCUT2D eigenvalue weighted by Crippen LogP contribution is 2.06. The van der Waals surface area contributed by atoms with E-state index in [1.807, 2.05) is 84.9 Å². The number of amides is 2. The van der Waals surface area contributed by atoms with E-state index >= 15 is 0 Å². The number of carbonyl (C=O) groups is 2. The average Bonchev–Trinajstić information content (AvgIpc) is 2.73. The van der Waals surface area contributed by atoms with E-state index in [2.05, 4.69) is 10.6 Å². The van der Waals surface area contributed by atoms with E-state index in [9.17, 15) is 9.59 Å². The number of hydrogen-bond donors (Lipinski definition) is 2. The van der Waals surface area contributed by atoms with Crippen LogP contribution in [0.5, 0.6) is 0 Å². The summed E-state index contributed by atoms with van der Waals surface area (Å²) >= 11 is 0. The topological polar surface area (TPSA) is 58.2 Å². The van der Waals surface area contributed by atoms with Crippen molar-refractivity contribution < 1.29 is 9.59 Å². The van der Waals surface area contributed by atoms with Gasteiger partial charge in [0.1, 0.15) is 0 Å². The lowest BCUT2D eigenvalue weighted by Gasteiger charge is -2.08. The van der Waals surface area contributed by atoms with Crippen molar-refractivity contribution in [3.63, 3.8) is 0 Å². The van der Waals surface area contributed by atoms with Crippen LogP contribution in [0.15, 0.2) is 84.9 Å². The first kappa shape index (κ1) is 19.4. The fourth-order valence-electron chi connectivity index (χ4n) is 2.86. The standard InChI is InChI=1S/C24H24N2O2/c27-23(15-19-7-3-1-4-8-19)25-17-21-11-13-22(14-12-21)18-26-24(28)16-20-9-5-2-6-10-20/h1-14H,15-18H2,(H,25,27)(H,26,28). The first-order valence-electron chi connectivity index (χ1n) is 9.38. The van der Waals surface area contributed by atoms with Crippen LogP contribution in [0.3, 0.4) is 0 Å². The van der Waals surface area contributed by atoms with E-state index in [-0.39, 0.29) is 11.8 Å². The molecule has 2 amide bonds. The van der Waals surface area contributed by atoms with E-state index in [0.717, 1.165) is 22.3 Å². The van der Waals surface area contributed by atoms with Crippen molar-refractivity contribution >= 4 is 11.8 Å². The fraction of sp³-hybridized carbons (Fsp3) is 0.167. The average molecular weight is 372 g/mol. The van der Waals surface area contributed by atoms with Gasteiger partial charge in [-0.05, 0) is 22.3 Å². The van der Waals surface area contributed by atoms with Crippen LogP contribution in [0.1, 0.15) is 22.3 Å². The van der Waals surface area contributed by atoms with Crippen LogP contribution in [0.4, 0.5) is 0 Å². The van der Waals surface area contributed by atoms with E-state index < -0.39 is 0 Å². The molecular weight excluding hydrogens is 348 g/mol. The molecule has 3 aromatic carbocycles. The molecule has 4 heteroatoms. The Morgan fingerprint density at radius 3 is 1.21 bits per heavy atom. The predicted octanol–water partition coefficient (Wildman–Crippen LogP) is 3.40. The van der Waals surface area contributed by atoms with Crippen molar-refractivity contribution in [1.29, 1.82) is 0 Å². The number of hydrogen-bond acceptors (Lipinski definition) is 2. The molecule has 0 saturated heterocycles. The van der Waals surface area contributed by atoms with Crippen molar-refractivity contribution in [3.05, 3.63) is 107 Å². The summed E-state index contributed by atoms with van der Waals surface area (Å²) in [6.07, 6.45) is 0.763. The highest BCUT2D eigenvalue weighted by Gasteiger charge is 2.05. The smallest absolute Gasteiger partial charge is 0.224 e. The Bertz CT molecular complexity index is 814. The van der Waals surface area contributed by atoms with Crippen LogP contribution in [-0.4, -0.2) is 11.8 Å². The van der Waals surface area contributed by atoms with Gasteiger partial charge >= 0.3 is 0 Å². The Balaban J connectivity index is 1.40. The van der Waals surface area contributed by atoms with Gasteiger partial charge in [-0.3, -0.25) is 9.59 Å². The molecule has 0 radical (unpaired) electrons. The lowest BCUT2D eigenvalue weighted by Crippen LogP contribution is -2.25. The number of benzene rings is 3. The largest absolute Gasteiger partial charge is 0.352 e. The summed E-state index contributed by atoms with van der Waals surface area (Å²) in [5.41, 5.74) is 4.06. The second kappa shape index (κ2) is 10.1. The van der Waals surface area contributed by atoms with Gasteiger partial charge in [0, 0.05) is 13.1 Å². The molecule has 0 aromatic heterocycles. The summed E-state index contributed by atoms with van der Waals surface area (Å²) in [6, 6.07) is 27.3. The van der Waals surface area contributed by atoms with Gasteiger partial charge in [-0.15, -0.1) is 0 Å². The van der Waals surface area contributed by atoms with Crippen LogP contribution >= 0.6 is 0 Å². The van der Waals surface area contributed by atoms with Crippen LogP contribution < -0.4 is 10.6 Å². The van der Waals surface area contributed by atoms with Crippen molar-refractivity contribution in [3.8, 4) is 0 Å². The molecule has 0 aliphatic carbocycles. The van der Waals surface area contributed by atoms with E-state index in [0.29, 0.717) is 25.9 Å². The highest BCUT2D eigenvalue weighted by atomic mass is 16.2. The number of rotatable bonds is 8. The molecule has 3 rings (SSSR count). The van der Waals surface area contributed by atoms with Crippen molar-refractivity contribution in [2.45, 2.75) is 25.9 Å². The van der Waals surface area contributed by atoms with Gasteiger partial charge in [-0.2, -0.15) is 0 Å². The van der Waals surface area contributed by atoms with E-state index in [1.165, 1.54) is 0 Å². The van der Waals surface area contributed by atoms with E-state index in [4.69, 9.17) is 0 Å². The lowest BCUT2D eigenvalue weighted by molar-refractivity contribution is -0.121. The normalized spacial score (nSPS) is 10.3. The van der Waals surface area contributed by atoms with Crippen molar-refractivity contribution in [1.82, 2.24) is 10.6 Å². The molecule has 0 atom stereocenters. The van der Waals surface area contributed by atoms with Crippen LogP contribution in [0.25, 0.3) is 0 Å². The summed E-state index contributed by atoms with van der Waals surface area (Å²) in [7, 11) is 0. The minimum Gasteiger partial charge on any atom is -0.352 e. The molecule has 4 nitrogen and oxygen atoms in total. The summed E-state index contributed by atoms with van der Waals surface area (Å²) in [6.45, 7) is 0.985. The third-order valence-electron chi connectivity index (χ3n) is 4.42. The molecule has 2 N–H and O–H groups in total. The van der Waals surface area contributed by atoms with Gasteiger partial charge in [-0.1, -0.05) is 84.9 Å². The Labute approximate surface area is 165 Å². The maximum atomic E-state index is 12.0. The van der Waals surface area contributed by atoms with Crippen molar-refractivity contribution in [2.24, 2.45) is 0 Å². The zero-order valence-electron chi connectivity index (χ0n) is 15.7. The number of carbonyl (C=O) groups excluding carboxylic acids is 2. The maximum absolute atomic E-state index is 12.0. The van der Waals surface area contributed by atoms with Gasteiger partial charge in [0.25, 0.3) is 0 Å². The van der Waals surface area contributed by atoms with E-state index in [1.54, 1.807) is 0 Å². The lowest BCUT2D eigenvalue weighted by atomic mass is 10.1. The molecule has 0 heterocycles. The number of nitrogens with one attached hydrogen (secondary N) is 2. The Morgan fingerprint density at radius 1 is 0.500 bits per heavy atom. The maximum Gasteiger partial charge on any atom is 0.224 e. The second-order valence-electron chi connectivity index (χ2n) is 6.69. The molecule has 0 fully saturated rings. The summed E-state index contributed by atoms with van der Waals surface area (Å²) < 4.78 is 0. The zero-order valence-corrected chi connectivity index (χ0v) is 15.7. The monoisotopic (exact) mass is 372 g/mol. The molecule has 3 aromatic rings. The molecule has 0 aliphatic rings. The predicted molar refractivity (Wildman–Crippen MR) is 110 cm³/mol. The fourth-order valence-corrected chi connectivity index (χ4v) is 2.86. The van der Waals surface area contributed by atoms with Gasteiger partial charge in [-0.25, -0.2) is 0 Å². The van der Waals surface area contributed by atoms with Crippen LogP contribution in [0, 0.1) is 0 Å². The van der Waals surface area contributed by atoms with Gasteiger partial charge in [0.2, 0.25) is 11.8 Å². The van der Waals surface area contributed by atoms with Gasteiger partial charge < -0.3 is 10.6 Å². The molecular formula is C24H24N2O2. The Morgan fingerprint density at radius 2 is 0.857 bits per heavy atom. The highest BCUT2D eigenvalue weighted by molar-refractivity contribution is 5.79. The summed E-state index contributed by atoms with van der Waals surface area (Å²) in [4.78, 5) is 24.0. The Hall–Kier alpha value is -3.40. The van der Waals surface area contributed by atoms with Crippen LogP contribution in [-0.2, 0) is 35.5 Å². The minimum atomic E-state index is 0.00320. The molecule has 0 unspecified atom stereocenters. The third-order valence-corrected chi connectivity index (χ3v) is 4.42. The summed E-state index contributed by atoms with van der Waals surface area (Å²) in [5, 5.41) is 5.87. The molecule has 0 bridgehead atoms. The summed E-state index contributed by atoms with van der Waals surface area (Å²) in [5.74, 6) is 0.00639. The van der Waals surface area contributed by atoms with Crippen LogP contribution in [0.2, 0.25) is 0 Å². The first-order valence-corrected chi connectivity index (χ1v) is 9.38. The van der Waals surface area contributed by atoms with Gasteiger partial charge in [0.05, 0.1) is 12.8 Å². The Kier molecular flexibility index (Phi) is 6.96. The molecule has 142 valence electrons. The third kappa shape index (κ3) is 6.40. The first-order chi connectivity index (χ1) is 13.7. The van der Waals surface area contributed by atoms with Gasteiger partial charge in [0.15, 0.2) is 0 Å². The molecule has 0 saturated carbocycles. The van der Waals surface area contributed by atoms with Crippen molar-refractivity contribution in [2.75, 3.05) is 0 Å². The second-order valence-corrected chi connectivity index (χ2v) is 6.69. The molecule has 0 aliphatic heterocycles. The molecule has 28 heavy (non-hydrogen) atoms. The zero-order chi connectivity index (χ0) is 19.6. The minimum absolute atomic E-state index is 0.00320.